The summed E-state index contributed by atoms with van der Waals surface area (Å²) in [6.45, 7) is 4.03. The molecule has 3 heterocycles. The average molecular weight is 257 g/mol. The quantitative estimate of drug-likeness (QED) is 0.841. The minimum atomic E-state index is -0.802. The fourth-order valence-electron chi connectivity index (χ4n) is 1.97. The number of rotatable bonds is 2. The van der Waals surface area contributed by atoms with Gasteiger partial charge in [-0.05, 0) is 31.0 Å². The Morgan fingerprint density at radius 2 is 2.16 bits per heavy atom. The summed E-state index contributed by atoms with van der Waals surface area (Å²) in [6, 6.07) is 1.94. The molecular weight excluding hydrogens is 242 g/mol. The first-order chi connectivity index (χ1) is 9.16. The number of nitrogens with one attached hydrogen (secondary N) is 1. The molecule has 0 radical (unpaired) electrons. The molecule has 0 amide bonds. The molecule has 0 fully saturated rings. The largest absolute Gasteiger partial charge is 0.367 e. The lowest BCUT2D eigenvalue weighted by atomic mass is 10.2. The lowest BCUT2D eigenvalue weighted by Crippen LogP contribution is -2.39. The van der Waals surface area contributed by atoms with Crippen molar-refractivity contribution < 1.29 is 5.11 Å². The monoisotopic (exact) mass is 257 g/mol. The van der Waals surface area contributed by atoms with Crippen molar-refractivity contribution in [2.75, 3.05) is 5.01 Å². The summed E-state index contributed by atoms with van der Waals surface area (Å²) in [5.74, 6) is 0.682. The van der Waals surface area contributed by atoms with Crippen molar-refractivity contribution >= 4 is 11.5 Å². The highest BCUT2D eigenvalue weighted by Gasteiger charge is 2.27. The number of aliphatic hydroxyl groups excluding tert-OH is 1. The second kappa shape index (κ2) is 4.40. The molecule has 3 rings (SSSR count). The topological polar surface area (TPSA) is 66.2 Å². The second-order valence-electron chi connectivity index (χ2n) is 4.54. The van der Waals surface area contributed by atoms with Crippen molar-refractivity contribution in [3.05, 3.63) is 48.3 Å². The van der Waals surface area contributed by atoms with Gasteiger partial charge in [0, 0.05) is 24.8 Å². The maximum absolute atomic E-state index is 10.3. The van der Waals surface area contributed by atoms with Crippen LogP contribution in [-0.2, 0) is 0 Å². The van der Waals surface area contributed by atoms with Gasteiger partial charge in [0.1, 0.15) is 5.82 Å². The van der Waals surface area contributed by atoms with E-state index in [0.717, 1.165) is 11.1 Å². The van der Waals surface area contributed by atoms with E-state index in [-0.39, 0.29) is 0 Å². The van der Waals surface area contributed by atoms with Gasteiger partial charge in [0.25, 0.3) is 0 Å². The minimum Gasteiger partial charge on any atom is -0.367 e. The van der Waals surface area contributed by atoms with E-state index in [0.29, 0.717) is 11.5 Å². The zero-order valence-corrected chi connectivity index (χ0v) is 10.8. The molecule has 0 bridgehead atoms. The van der Waals surface area contributed by atoms with Gasteiger partial charge in [0.05, 0.1) is 12.0 Å². The number of pyridine rings is 1. The molecule has 6 heteroatoms. The lowest BCUT2D eigenvalue weighted by molar-refractivity contribution is 0.220. The Hall–Kier alpha value is -2.34. The van der Waals surface area contributed by atoms with Gasteiger partial charge >= 0.3 is 0 Å². The maximum atomic E-state index is 10.3. The van der Waals surface area contributed by atoms with E-state index in [1.807, 2.05) is 19.9 Å². The highest BCUT2D eigenvalue weighted by atomic mass is 16.3. The van der Waals surface area contributed by atoms with E-state index < -0.39 is 6.23 Å². The number of hydrazine groups is 1. The van der Waals surface area contributed by atoms with E-state index in [9.17, 15) is 5.11 Å². The molecule has 0 spiro atoms. The molecule has 2 aromatic rings. The van der Waals surface area contributed by atoms with Gasteiger partial charge in [-0.25, -0.2) is 15.0 Å². The number of aryl methyl sites for hydroxylation is 2. The van der Waals surface area contributed by atoms with Gasteiger partial charge in [0.15, 0.2) is 6.23 Å². The summed E-state index contributed by atoms with van der Waals surface area (Å²) < 4.78 is 1.76. The molecule has 1 aliphatic heterocycles. The van der Waals surface area contributed by atoms with E-state index in [4.69, 9.17) is 0 Å². The SMILES string of the molecule is Cc1cnc(N2NC=C(n3ccnc3)C2O)cc1C. The first-order valence-corrected chi connectivity index (χ1v) is 6.02. The normalized spacial score (nSPS) is 18.4. The molecule has 2 N–H and O–H groups in total. The molecule has 0 aliphatic carbocycles. The van der Waals surface area contributed by atoms with E-state index in [2.05, 4.69) is 15.4 Å². The number of anilines is 1. The van der Waals surface area contributed by atoms with Gasteiger partial charge in [0.2, 0.25) is 0 Å². The first-order valence-electron chi connectivity index (χ1n) is 6.02. The Morgan fingerprint density at radius 3 is 2.84 bits per heavy atom. The number of nitrogens with zero attached hydrogens (tertiary/aromatic N) is 4. The molecular formula is C13H15N5O. The highest BCUT2D eigenvalue weighted by molar-refractivity contribution is 5.60. The number of aliphatic hydroxyl groups is 1. The molecule has 6 nitrogen and oxygen atoms in total. The summed E-state index contributed by atoms with van der Waals surface area (Å²) >= 11 is 0. The van der Waals surface area contributed by atoms with Crippen molar-refractivity contribution in [2.45, 2.75) is 20.1 Å². The van der Waals surface area contributed by atoms with Crippen LogP contribution in [0.2, 0.25) is 0 Å². The van der Waals surface area contributed by atoms with Gasteiger partial charge in [-0.1, -0.05) is 0 Å². The van der Waals surface area contributed by atoms with Crippen LogP contribution >= 0.6 is 0 Å². The molecule has 0 saturated heterocycles. The average Bonchev–Trinajstić information content (AvgIpc) is 3.02. The van der Waals surface area contributed by atoms with Gasteiger partial charge in [-0.3, -0.25) is 5.43 Å². The van der Waals surface area contributed by atoms with E-state index >= 15 is 0 Å². The molecule has 1 atom stereocenters. The van der Waals surface area contributed by atoms with Crippen LogP contribution in [0.5, 0.6) is 0 Å². The second-order valence-corrected chi connectivity index (χ2v) is 4.54. The van der Waals surface area contributed by atoms with Crippen LogP contribution in [0.3, 0.4) is 0 Å². The standard InChI is InChI=1S/C13H15N5O/c1-9-5-12(15-6-10(9)2)18-13(19)11(7-16-18)17-4-3-14-8-17/h3-8,13,16,19H,1-2H3. The molecule has 19 heavy (non-hydrogen) atoms. The summed E-state index contributed by atoms with van der Waals surface area (Å²) in [6.07, 6.45) is 7.84. The Balaban J connectivity index is 1.87. The Kier molecular flexibility index (Phi) is 2.72. The maximum Gasteiger partial charge on any atom is 0.190 e. The third-order valence-corrected chi connectivity index (χ3v) is 3.27. The third kappa shape index (κ3) is 1.96. The molecule has 1 unspecified atom stereocenters. The van der Waals surface area contributed by atoms with E-state index in [1.54, 1.807) is 40.7 Å². The van der Waals surface area contributed by atoms with Gasteiger partial charge in [-0.2, -0.15) is 0 Å². The van der Waals surface area contributed by atoms with Crippen LogP contribution in [0.1, 0.15) is 11.1 Å². The van der Waals surface area contributed by atoms with Crippen LogP contribution in [0.4, 0.5) is 5.82 Å². The van der Waals surface area contributed by atoms with E-state index in [1.165, 1.54) is 0 Å². The highest BCUT2D eigenvalue weighted by Crippen LogP contribution is 2.23. The molecule has 98 valence electrons. The molecule has 2 aromatic heterocycles. The number of hydrogen-bond acceptors (Lipinski definition) is 5. The minimum absolute atomic E-state index is 0.682. The Morgan fingerprint density at radius 1 is 1.32 bits per heavy atom. The van der Waals surface area contributed by atoms with Crippen molar-refractivity contribution in [3.8, 4) is 0 Å². The molecule has 0 saturated carbocycles. The summed E-state index contributed by atoms with van der Waals surface area (Å²) in [5, 5.41) is 12.0. The third-order valence-electron chi connectivity index (χ3n) is 3.27. The predicted octanol–water partition coefficient (Wildman–Crippen LogP) is 1.04. The van der Waals surface area contributed by atoms with Crippen molar-refractivity contribution in [1.82, 2.24) is 20.0 Å². The van der Waals surface area contributed by atoms with Crippen molar-refractivity contribution in [1.29, 1.82) is 0 Å². The molecule has 0 aromatic carbocycles. The zero-order valence-electron chi connectivity index (χ0n) is 10.8. The summed E-state index contributed by atoms with van der Waals surface area (Å²) in [7, 11) is 0. The molecule has 1 aliphatic rings. The van der Waals surface area contributed by atoms with Crippen molar-refractivity contribution in [2.24, 2.45) is 0 Å². The lowest BCUT2D eigenvalue weighted by Gasteiger charge is -2.23. The van der Waals surface area contributed by atoms with Crippen LogP contribution < -0.4 is 10.4 Å². The predicted molar refractivity (Wildman–Crippen MR) is 71.8 cm³/mol. The Labute approximate surface area is 111 Å². The van der Waals surface area contributed by atoms with Crippen LogP contribution in [0, 0.1) is 13.8 Å². The number of hydrogen-bond donors (Lipinski definition) is 2. The Bertz CT molecular complexity index is 620. The van der Waals surface area contributed by atoms with Crippen molar-refractivity contribution in [3.63, 3.8) is 0 Å². The van der Waals surface area contributed by atoms with Crippen LogP contribution in [0.15, 0.2) is 37.2 Å². The number of aromatic nitrogens is 3. The van der Waals surface area contributed by atoms with Crippen LogP contribution in [0.25, 0.3) is 5.70 Å². The van der Waals surface area contributed by atoms with Crippen LogP contribution in [-0.4, -0.2) is 25.9 Å². The fraction of sp³-hybridized carbons (Fsp3) is 0.231. The fourth-order valence-corrected chi connectivity index (χ4v) is 1.97. The summed E-state index contributed by atoms with van der Waals surface area (Å²) in [4.78, 5) is 8.31. The zero-order chi connectivity index (χ0) is 13.4. The number of imidazole rings is 1. The summed E-state index contributed by atoms with van der Waals surface area (Å²) in [5.41, 5.74) is 5.98. The van der Waals surface area contributed by atoms with Gasteiger partial charge < -0.3 is 9.67 Å². The van der Waals surface area contributed by atoms with Gasteiger partial charge in [-0.15, -0.1) is 0 Å². The first kappa shape index (κ1) is 11.7. The smallest absolute Gasteiger partial charge is 0.190 e.